The number of fused-ring (bicyclic) bond motifs is 3. The van der Waals surface area contributed by atoms with Gasteiger partial charge in [-0.1, -0.05) is 38.1 Å². The first-order valence-corrected chi connectivity index (χ1v) is 8.36. The third kappa shape index (κ3) is 1.66. The number of hydrogen-bond donors (Lipinski definition) is 0. The van der Waals surface area contributed by atoms with E-state index in [1.54, 1.807) is 0 Å². The molecule has 0 bridgehead atoms. The molecule has 2 nitrogen and oxygen atoms in total. The van der Waals surface area contributed by atoms with Gasteiger partial charge < -0.3 is 0 Å². The summed E-state index contributed by atoms with van der Waals surface area (Å²) < 4.78 is 0. The van der Waals surface area contributed by atoms with Crippen LogP contribution in [0.3, 0.4) is 0 Å². The Morgan fingerprint density at radius 2 is 1.75 bits per heavy atom. The van der Waals surface area contributed by atoms with Crippen molar-refractivity contribution in [2.45, 2.75) is 26.2 Å². The van der Waals surface area contributed by atoms with Crippen LogP contribution < -0.4 is 0 Å². The molecule has 2 heterocycles. The maximum Gasteiger partial charge on any atom is 0.0758 e. The number of nitrogens with zero attached hydrogens (tertiary/aromatic N) is 2. The first-order valence-electron chi connectivity index (χ1n) is 8.36. The summed E-state index contributed by atoms with van der Waals surface area (Å²) in [7, 11) is 0. The molecule has 116 valence electrons. The summed E-state index contributed by atoms with van der Waals surface area (Å²) in [6.45, 7) is 6.70. The average molecular weight is 310 g/mol. The van der Waals surface area contributed by atoms with Crippen molar-refractivity contribution in [3.05, 3.63) is 71.4 Å². The fourth-order valence-electron chi connectivity index (χ4n) is 4.03. The molecule has 0 saturated heterocycles. The van der Waals surface area contributed by atoms with Crippen molar-refractivity contribution in [1.82, 2.24) is 9.97 Å². The van der Waals surface area contributed by atoms with Crippen molar-refractivity contribution in [3.8, 4) is 11.3 Å². The summed E-state index contributed by atoms with van der Waals surface area (Å²) in [5.41, 5.74) is 8.21. The van der Waals surface area contributed by atoms with Gasteiger partial charge in [-0.15, -0.1) is 0 Å². The molecule has 0 fully saturated rings. The second-order valence-corrected chi connectivity index (χ2v) is 7.26. The van der Waals surface area contributed by atoms with Gasteiger partial charge >= 0.3 is 0 Å². The van der Waals surface area contributed by atoms with E-state index in [9.17, 15) is 0 Å². The molecule has 0 saturated carbocycles. The number of pyridine rings is 2. The zero-order valence-corrected chi connectivity index (χ0v) is 14.1. The summed E-state index contributed by atoms with van der Waals surface area (Å²) in [5.74, 6) is 0. The second kappa shape index (κ2) is 4.41. The molecule has 0 atom stereocenters. The zero-order chi connectivity index (χ0) is 16.5. The predicted molar refractivity (Wildman–Crippen MR) is 99.3 cm³/mol. The first kappa shape index (κ1) is 13.7. The lowest BCUT2D eigenvalue weighted by atomic mass is 9.70. The Bertz CT molecular complexity index is 1130. The molecule has 0 amide bonds. The highest BCUT2D eigenvalue weighted by atomic mass is 14.7. The molecule has 0 aliphatic heterocycles. The third-order valence-corrected chi connectivity index (χ3v) is 5.34. The Morgan fingerprint density at radius 1 is 0.875 bits per heavy atom. The van der Waals surface area contributed by atoms with Crippen LogP contribution in [0.1, 0.15) is 30.5 Å². The molecule has 5 rings (SSSR count). The summed E-state index contributed by atoms with van der Waals surface area (Å²) in [6.07, 6.45) is 1.89. The molecule has 2 heteroatoms. The molecule has 0 N–H and O–H groups in total. The smallest absolute Gasteiger partial charge is 0.0758 e. The van der Waals surface area contributed by atoms with Gasteiger partial charge in [0.2, 0.25) is 0 Å². The minimum atomic E-state index is -0.0864. The van der Waals surface area contributed by atoms with Crippen molar-refractivity contribution in [1.29, 1.82) is 0 Å². The van der Waals surface area contributed by atoms with Crippen LogP contribution in [0.2, 0.25) is 0 Å². The van der Waals surface area contributed by atoms with E-state index in [0.717, 1.165) is 16.7 Å². The molecule has 0 unspecified atom stereocenters. The molecule has 1 aliphatic rings. The third-order valence-electron chi connectivity index (χ3n) is 5.34. The Hall–Kier alpha value is -2.74. The van der Waals surface area contributed by atoms with E-state index in [2.05, 4.69) is 74.3 Å². The number of aryl methyl sites for hydroxylation is 1. The van der Waals surface area contributed by atoms with E-state index in [-0.39, 0.29) is 5.41 Å². The van der Waals surface area contributed by atoms with Crippen LogP contribution in [0, 0.1) is 6.92 Å². The average Bonchev–Trinajstić information content (AvgIpc) is 2.58. The lowest BCUT2D eigenvalue weighted by molar-refractivity contribution is 0.643. The lowest BCUT2D eigenvalue weighted by Crippen LogP contribution is -2.24. The van der Waals surface area contributed by atoms with Crippen molar-refractivity contribution >= 4 is 21.8 Å². The van der Waals surface area contributed by atoms with Crippen molar-refractivity contribution < 1.29 is 0 Å². The summed E-state index contributed by atoms with van der Waals surface area (Å²) >= 11 is 0. The second-order valence-electron chi connectivity index (χ2n) is 7.26. The van der Waals surface area contributed by atoms with E-state index in [1.807, 2.05) is 6.20 Å². The van der Waals surface area contributed by atoms with Crippen LogP contribution in [-0.4, -0.2) is 9.97 Å². The van der Waals surface area contributed by atoms with Gasteiger partial charge in [0.25, 0.3) is 0 Å². The fraction of sp³-hybridized carbons (Fsp3) is 0.182. The highest BCUT2D eigenvalue weighted by Gasteiger charge is 2.34. The molecular formula is C22H18N2. The van der Waals surface area contributed by atoms with Crippen LogP contribution in [0.5, 0.6) is 0 Å². The summed E-state index contributed by atoms with van der Waals surface area (Å²) in [4.78, 5) is 9.64. The lowest BCUT2D eigenvalue weighted by Gasteiger charge is -2.34. The molecule has 0 spiro atoms. The Labute approximate surface area is 141 Å². The van der Waals surface area contributed by atoms with Crippen LogP contribution >= 0.6 is 0 Å². The maximum absolute atomic E-state index is 5.07. The topological polar surface area (TPSA) is 25.8 Å². The van der Waals surface area contributed by atoms with Crippen LogP contribution in [0.15, 0.2) is 54.7 Å². The minimum Gasteiger partial charge on any atom is -0.256 e. The Kier molecular flexibility index (Phi) is 2.52. The van der Waals surface area contributed by atoms with Crippen molar-refractivity contribution in [2.75, 3.05) is 0 Å². The SMILES string of the molecule is Cc1ccc2cc3c(nc2c1)-c1ccnc2cccc(c12)C3(C)C. The normalized spacial score (nSPS) is 14.8. The summed E-state index contributed by atoms with van der Waals surface area (Å²) in [5, 5.41) is 2.45. The monoisotopic (exact) mass is 310 g/mol. The van der Waals surface area contributed by atoms with E-state index in [0.29, 0.717) is 0 Å². The number of aromatic nitrogens is 2. The first-order chi connectivity index (χ1) is 11.6. The van der Waals surface area contributed by atoms with E-state index >= 15 is 0 Å². The molecule has 4 aromatic rings. The minimum absolute atomic E-state index is 0.0864. The van der Waals surface area contributed by atoms with Gasteiger partial charge in [0.05, 0.1) is 16.7 Å². The van der Waals surface area contributed by atoms with Crippen LogP contribution in [-0.2, 0) is 5.41 Å². The number of benzene rings is 2. The largest absolute Gasteiger partial charge is 0.256 e. The Balaban J connectivity index is 2.00. The molecule has 2 aromatic carbocycles. The quantitative estimate of drug-likeness (QED) is 0.435. The molecule has 1 aliphatic carbocycles. The highest BCUT2D eigenvalue weighted by Crippen LogP contribution is 2.47. The van der Waals surface area contributed by atoms with Crippen LogP contribution in [0.4, 0.5) is 0 Å². The van der Waals surface area contributed by atoms with Gasteiger partial charge in [0.15, 0.2) is 0 Å². The van der Waals surface area contributed by atoms with Gasteiger partial charge in [0, 0.05) is 27.9 Å². The maximum atomic E-state index is 5.07. The number of hydrogen-bond acceptors (Lipinski definition) is 2. The fourth-order valence-corrected chi connectivity index (χ4v) is 4.03. The van der Waals surface area contributed by atoms with E-state index in [4.69, 9.17) is 4.98 Å². The van der Waals surface area contributed by atoms with Crippen LogP contribution in [0.25, 0.3) is 33.1 Å². The zero-order valence-electron chi connectivity index (χ0n) is 14.1. The predicted octanol–water partition coefficient (Wildman–Crippen LogP) is 5.40. The van der Waals surface area contributed by atoms with Gasteiger partial charge in [0.1, 0.15) is 0 Å². The van der Waals surface area contributed by atoms with Crippen molar-refractivity contribution in [3.63, 3.8) is 0 Å². The van der Waals surface area contributed by atoms with Gasteiger partial charge in [-0.05, 0) is 47.9 Å². The highest BCUT2D eigenvalue weighted by molar-refractivity contribution is 6.01. The van der Waals surface area contributed by atoms with Gasteiger partial charge in [-0.3, -0.25) is 4.98 Å². The van der Waals surface area contributed by atoms with Gasteiger partial charge in [-0.25, -0.2) is 4.98 Å². The van der Waals surface area contributed by atoms with Gasteiger partial charge in [-0.2, -0.15) is 0 Å². The number of rotatable bonds is 0. The molecule has 2 aromatic heterocycles. The van der Waals surface area contributed by atoms with E-state index in [1.165, 1.54) is 33.0 Å². The molecule has 0 radical (unpaired) electrons. The standard InChI is InChI=1S/C22H18N2/c1-13-7-8-14-12-17-21(24-19(14)11-13)15-9-10-23-18-6-4-5-16(20(15)18)22(17,2)3/h4-12H,1-3H3. The molecular weight excluding hydrogens is 292 g/mol. The summed E-state index contributed by atoms with van der Waals surface area (Å²) in [6, 6.07) is 17.4. The van der Waals surface area contributed by atoms with Crippen molar-refractivity contribution in [2.24, 2.45) is 0 Å². The molecule has 24 heavy (non-hydrogen) atoms. The Morgan fingerprint density at radius 3 is 2.62 bits per heavy atom. The van der Waals surface area contributed by atoms with E-state index < -0.39 is 0 Å².